The molecule has 3 rings (SSSR count). The summed E-state index contributed by atoms with van der Waals surface area (Å²) >= 11 is 0.949. The minimum absolute atomic E-state index is 0.0134. The van der Waals surface area contributed by atoms with Crippen LogP contribution in [0.3, 0.4) is 0 Å². The fraction of sp³-hybridized carbons (Fsp3) is 0.500. The van der Waals surface area contributed by atoms with Crippen LogP contribution in [0.5, 0.6) is 5.88 Å². The molecule has 0 aliphatic carbocycles. The summed E-state index contributed by atoms with van der Waals surface area (Å²) in [6.07, 6.45) is -4.21. The highest BCUT2D eigenvalue weighted by atomic mass is 32.2. The van der Waals surface area contributed by atoms with Gasteiger partial charge in [-0.25, -0.2) is 9.07 Å². The Hall–Kier alpha value is -1.98. The Balaban J connectivity index is 1.95. The Labute approximate surface area is 177 Å². The second-order valence-electron chi connectivity index (χ2n) is 7.39. The summed E-state index contributed by atoms with van der Waals surface area (Å²) in [4.78, 5) is 12.0. The molecule has 10 heteroatoms. The van der Waals surface area contributed by atoms with Gasteiger partial charge in [-0.15, -0.1) is 16.9 Å². The molecule has 0 amide bonds. The van der Waals surface area contributed by atoms with Gasteiger partial charge in [0.25, 0.3) is 0 Å². The molecule has 5 atom stereocenters. The summed E-state index contributed by atoms with van der Waals surface area (Å²) in [6.45, 7) is 4.33. The first-order valence-electron chi connectivity index (χ1n) is 9.45. The number of aromatic nitrogens is 2. The smallest absolute Gasteiger partial charge is 0.244 e. The predicted octanol–water partition coefficient (Wildman–Crippen LogP) is 0.785. The van der Waals surface area contributed by atoms with E-state index in [-0.39, 0.29) is 18.2 Å². The molecule has 1 fully saturated rings. The maximum atomic E-state index is 14.4. The second-order valence-corrected chi connectivity index (χ2v) is 8.73. The highest BCUT2D eigenvalue weighted by Crippen LogP contribution is 2.36. The van der Waals surface area contributed by atoms with Crippen LogP contribution in [0.2, 0.25) is 0 Å². The number of nitrogens with zero attached hydrogens (tertiary/aromatic N) is 2. The Bertz CT molecular complexity index is 934. The van der Waals surface area contributed by atoms with Crippen LogP contribution in [0.25, 0.3) is 0 Å². The molecule has 4 N–H and O–H groups in total. The van der Waals surface area contributed by atoms with Gasteiger partial charge in [0.2, 0.25) is 11.8 Å². The fourth-order valence-electron chi connectivity index (χ4n) is 3.37. The number of hydrogen-bond acceptors (Lipinski definition) is 8. The van der Waals surface area contributed by atoms with Gasteiger partial charge in [0.15, 0.2) is 5.44 Å². The van der Waals surface area contributed by atoms with Crippen molar-refractivity contribution in [2.24, 2.45) is 0 Å². The SMILES string of the molecule is CC(=O)n1nc(O[C@@H]2S[C@H](CO)[C@@H](O)[C@H](O)[C@H]2O)c(Cc2ccc(C)cc2F)c1C. The van der Waals surface area contributed by atoms with E-state index >= 15 is 0 Å². The monoisotopic (exact) mass is 440 g/mol. The highest BCUT2D eigenvalue weighted by molar-refractivity contribution is 8.00. The van der Waals surface area contributed by atoms with Crippen LogP contribution in [0.1, 0.15) is 34.1 Å². The number of aryl methyl sites for hydroxylation is 1. The van der Waals surface area contributed by atoms with Gasteiger partial charge in [-0.05, 0) is 31.0 Å². The summed E-state index contributed by atoms with van der Waals surface area (Å²) in [6, 6.07) is 4.82. The molecule has 1 aromatic heterocycles. The summed E-state index contributed by atoms with van der Waals surface area (Å²) in [7, 11) is 0. The molecule has 0 unspecified atom stereocenters. The minimum Gasteiger partial charge on any atom is -0.459 e. The molecule has 8 nitrogen and oxygen atoms in total. The first kappa shape index (κ1) is 22.7. The number of benzene rings is 1. The Morgan fingerprint density at radius 2 is 1.93 bits per heavy atom. The van der Waals surface area contributed by atoms with Crippen LogP contribution in [-0.2, 0) is 6.42 Å². The Kier molecular flexibility index (Phi) is 6.83. The third kappa shape index (κ3) is 4.37. The average molecular weight is 440 g/mol. The van der Waals surface area contributed by atoms with E-state index < -0.39 is 41.4 Å². The Morgan fingerprint density at radius 1 is 1.23 bits per heavy atom. The van der Waals surface area contributed by atoms with Crippen molar-refractivity contribution in [1.29, 1.82) is 0 Å². The lowest BCUT2D eigenvalue weighted by molar-refractivity contribution is -0.0915. The number of thioether (sulfide) groups is 1. The fourth-order valence-corrected chi connectivity index (χ4v) is 4.60. The van der Waals surface area contributed by atoms with E-state index in [9.17, 15) is 29.6 Å². The van der Waals surface area contributed by atoms with Gasteiger partial charge in [-0.2, -0.15) is 0 Å². The van der Waals surface area contributed by atoms with Crippen LogP contribution >= 0.6 is 11.8 Å². The molecule has 30 heavy (non-hydrogen) atoms. The van der Waals surface area contributed by atoms with Gasteiger partial charge in [0, 0.05) is 18.9 Å². The highest BCUT2D eigenvalue weighted by Gasteiger charge is 2.45. The van der Waals surface area contributed by atoms with Crippen molar-refractivity contribution in [3.8, 4) is 5.88 Å². The van der Waals surface area contributed by atoms with Gasteiger partial charge >= 0.3 is 0 Å². The van der Waals surface area contributed by atoms with E-state index in [4.69, 9.17) is 4.74 Å². The number of aliphatic hydroxyl groups excluding tert-OH is 4. The van der Waals surface area contributed by atoms with E-state index in [1.165, 1.54) is 13.0 Å². The molecular formula is C20H25FN2O6S. The van der Waals surface area contributed by atoms with Crippen molar-refractivity contribution in [2.75, 3.05) is 6.61 Å². The molecule has 2 heterocycles. The van der Waals surface area contributed by atoms with E-state index in [1.807, 2.05) is 0 Å². The maximum Gasteiger partial charge on any atom is 0.244 e. The Morgan fingerprint density at radius 3 is 2.53 bits per heavy atom. The number of rotatable bonds is 5. The van der Waals surface area contributed by atoms with Crippen molar-refractivity contribution >= 4 is 17.7 Å². The number of aliphatic hydroxyl groups is 4. The molecule has 0 saturated carbocycles. The zero-order valence-corrected chi connectivity index (χ0v) is 17.6. The molecule has 1 aliphatic heterocycles. The van der Waals surface area contributed by atoms with Crippen LogP contribution in [-0.4, -0.2) is 71.7 Å². The zero-order valence-electron chi connectivity index (χ0n) is 16.8. The van der Waals surface area contributed by atoms with Crippen LogP contribution in [0.15, 0.2) is 18.2 Å². The van der Waals surface area contributed by atoms with E-state index in [0.29, 0.717) is 16.8 Å². The van der Waals surface area contributed by atoms with Crippen LogP contribution in [0, 0.1) is 19.7 Å². The number of carbonyl (C=O) groups excluding carboxylic acids is 1. The zero-order chi connectivity index (χ0) is 22.2. The average Bonchev–Trinajstić information content (AvgIpc) is 3.00. The molecule has 0 bridgehead atoms. The first-order chi connectivity index (χ1) is 14.1. The first-order valence-corrected chi connectivity index (χ1v) is 10.4. The summed E-state index contributed by atoms with van der Waals surface area (Å²) in [5.41, 5.74) is 1.02. The predicted molar refractivity (Wildman–Crippen MR) is 108 cm³/mol. The number of halogens is 1. The molecule has 0 radical (unpaired) electrons. The summed E-state index contributed by atoms with van der Waals surface area (Å²) < 4.78 is 21.4. The van der Waals surface area contributed by atoms with Crippen molar-refractivity contribution in [3.05, 3.63) is 46.4 Å². The molecule has 164 valence electrons. The van der Waals surface area contributed by atoms with Crippen molar-refractivity contribution in [1.82, 2.24) is 9.78 Å². The van der Waals surface area contributed by atoms with Crippen molar-refractivity contribution in [2.45, 2.75) is 56.2 Å². The third-order valence-corrected chi connectivity index (χ3v) is 6.57. The number of hydrogen-bond donors (Lipinski definition) is 4. The summed E-state index contributed by atoms with van der Waals surface area (Å²) in [5.74, 6) is -0.755. The molecular weight excluding hydrogens is 415 g/mol. The lowest BCUT2D eigenvalue weighted by Gasteiger charge is -2.38. The summed E-state index contributed by atoms with van der Waals surface area (Å²) in [5, 5.41) is 43.2. The largest absolute Gasteiger partial charge is 0.459 e. The van der Waals surface area contributed by atoms with E-state index in [1.54, 1.807) is 26.0 Å². The van der Waals surface area contributed by atoms with Gasteiger partial charge in [-0.3, -0.25) is 4.79 Å². The number of ether oxygens (including phenoxy) is 1. The minimum atomic E-state index is -1.53. The molecule has 2 aromatic rings. The van der Waals surface area contributed by atoms with Gasteiger partial charge in [0.05, 0.1) is 23.7 Å². The quantitative estimate of drug-likeness (QED) is 0.538. The van der Waals surface area contributed by atoms with Crippen molar-refractivity contribution in [3.63, 3.8) is 0 Å². The second kappa shape index (κ2) is 9.03. The van der Waals surface area contributed by atoms with E-state index in [2.05, 4.69) is 5.10 Å². The third-order valence-electron chi connectivity index (χ3n) is 5.15. The van der Waals surface area contributed by atoms with Gasteiger partial charge < -0.3 is 25.2 Å². The van der Waals surface area contributed by atoms with Crippen molar-refractivity contribution < 1.29 is 34.3 Å². The standard InChI is InChI=1S/C20H25FN2O6S/c1-9-4-5-12(14(21)6-9)7-13-10(2)23(11(3)25)22-19(13)29-20-18(28)17(27)16(26)15(8-24)30-20/h4-6,15-18,20,24,26-28H,7-8H2,1-3H3/t15-,16-,17+,18-,20-/m1/s1. The lowest BCUT2D eigenvalue weighted by Crippen LogP contribution is -2.55. The normalized spacial score (nSPS) is 26.6. The van der Waals surface area contributed by atoms with E-state index in [0.717, 1.165) is 22.0 Å². The van der Waals surface area contributed by atoms with Gasteiger partial charge in [-0.1, -0.05) is 12.1 Å². The molecule has 1 saturated heterocycles. The topological polar surface area (TPSA) is 125 Å². The number of carbonyl (C=O) groups is 1. The van der Waals surface area contributed by atoms with Crippen LogP contribution < -0.4 is 4.74 Å². The maximum absolute atomic E-state index is 14.4. The van der Waals surface area contributed by atoms with Crippen LogP contribution in [0.4, 0.5) is 4.39 Å². The molecule has 0 spiro atoms. The lowest BCUT2D eigenvalue weighted by atomic mass is 10.0. The van der Waals surface area contributed by atoms with Gasteiger partial charge in [0.1, 0.15) is 18.0 Å². The molecule has 1 aromatic carbocycles. The molecule has 1 aliphatic rings.